The van der Waals surface area contributed by atoms with Crippen molar-refractivity contribution in [1.82, 2.24) is 4.57 Å². The quantitative estimate of drug-likeness (QED) is 0.677. The van der Waals surface area contributed by atoms with E-state index in [1.807, 2.05) is 24.5 Å². The minimum atomic E-state index is -0.200. The van der Waals surface area contributed by atoms with Crippen LogP contribution >= 0.6 is 11.6 Å². The number of aryl methyl sites for hydroxylation is 2. The summed E-state index contributed by atoms with van der Waals surface area (Å²) in [7, 11) is 0. The molecule has 1 aromatic heterocycles. The predicted octanol–water partition coefficient (Wildman–Crippen LogP) is 3.76. The van der Waals surface area contributed by atoms with Crippen LogP contribution in [0.25, 0.3) is 10.9 Å². The van der Waals surface area contributed by atoms with Crippen LogP contribution in [0.5, 0.6) is 0 Å². The number of aromatic nitrogens is 1. The summed E-state index contributed by atoms with van der Waals surface area (Å²) < 4.78 is 15.4. The Morgan fingerprint density at radius 3 is 2.79 bits per heavy atom. The van der Waals surface area contributed by atoms with Crippen LogP contribution in [-0.4, -0.2) is 4.57 Å². The number of rotatable bonds is 1. The number of benzene rings is 1. The molecule has 14 heavy (non-hydrogen) atoms. The van der Waals surface area contributed by atoms with Gasteiger partial charge in [-0.05, 0) is 31.5 Å². The van der Waals surface area contributed by atoms with Crippen LogP contribution in [0.1, 0.15) is 12.5 Å². The van der Waals surface area contributed by atoms with E-state index in [1.54, 1.807) is 6.07 Å². The molecule has 0 amide bonds. The van der Waals surface area contributed by atoms with E-state index in [0.717, 1.165) is 17.6 Å². The number of hydrogen-bond acceptors (Lipinski definition) is 0. The van der Waals surface area contributed by atoms with E-state index < -0.39 is 0 Å². The van der Waals surface area contributed by atoms with E-state index >= 15 is 0 Å². The third kappa shape index (κ3) is 1.14. The van der Waals surface area contributed by atoms with Gasteiger partial charge in [0.2, 0.25) is 0 Å². The van der Waals surface area contributed by atoms with Crippen molar-refractivity contribution in [2.45, 2.75) is 20.4 Å². The molecule has 0 atom stereocenters. The van der Waals surface area contributed by atoms with Crippen molar-refractivity contribution < 1.29 is 4.39 Å². The molecular formula is C11H11ClFN. The van der Waals surface area contributed by atoms with Gasteiger partial charge in [0.1, 0.15) is 11.0 Å². The maximum Gasteiger partial charge on any atom is 0.132 e. The monoisotopic (exact) mass is 211 g/mol. The van der Waals surface area contributed by atoms with Gasteiger partial charge in [0, 0.05) is 11.9 Å². The molecule has 2 rings (SSSR count). The summed E-state index contributed by atoms with van der Waals surface area (Å²) in [5.74, 6) is -0.200. The summed E-state index contributed by atoms with van der Waals surface area (Å²) in [4.78, 5) is 0. The smallest absolute Gasteiger partial charge is 0.132 e. The average Bonchev–Trinajstić information content (AvgIpc) is 2.41. The molecule has 1 aromatic carbocycles. The van der Waals surface area contributed by atoms with Crippen LogP contribution in [0.15, 0.2) is 18.2 Å². The number of fused-ring (bicyclic) bond motifs is 1. The first-order valence-electron chi connectivity index (χ1n) is 4.59. The Morgan fingerprint density at radius 1 is 1.43 bits per heavy atom. The fourth-order valence-corrected chi connectivity index (χ4v) is 2.13. The van der Waals surface area contributed by atoms with Crippen molar-refractivity contribution in [2.24, 2.45) is 0 Å². The Balaban J connectivity index is 2.95. The average molecular weight is 212 g/mol. The minimum Gasteiger partial charge on any atom is -0.332 e. The molecule has 0 fully saturated rings. The first-order valence-corrected chi connectivity index (χ1v) is 4.97. The Kier molecular flexibility index (Phi) is 2.23. The zero-order chi connectivity index (χ0) is 10.3. The molecule has 0 aliphatic heterocycles. The summed E-state index contributed by atoms with van der Waals surface area (Å²) in [6.07, 6.45) is 0. The Bertz CT molecular complexity index is 487. The molecule has 0 N–H and O–H groups in total. The number of halogens is 2. The molecule has 0 unspecified atom stereocenters. The molecule has 0 aliphatic carbocycles. The van der Waals surface area contributed by atoms with Gasteiger partial charge in [-0.2, -0.15) is 0 Å². The number of hydrogen-bond donors (Lipinski definition) is 0. The van der Waals surface area contributed by atoms with Gasteiger partial charge in [0.25, 0.3) is 0 Å². The van der Waals surface area contributed by atoms with E-state index in [0.29, 0.717) is 10.5 Å². The van der Waals surface area contributed by atoms with E-state index in [1.165, 1.54) is 6.07 Å². The van der Waals surface area contributed by atoms with Crippen molar-refractivity contribution in [2.75, 3.05) is 0 Å². The molecule has 0 bridgehead atoms. The molecule has 0 radical (unpaired) electrons. The van der Waals surface area contributed by atoms with E-state index in [9.17, 15) is 4.39 Å². The Morgan fingerprint density at radius 2 is 2.14 bits per heavy atom. The molecule has 0 spiro atoms. The number of nitrogens with zero attached hydrogens (tertiary/aromatic N) is 1. The van der Waals surface area contributed by atoms with Gasteiger partial charge >= 0.3 is 0 Å². The van der Waals surface area contributed by atoms with Gasteiger partial charge in [-0.3, -0.25) is 0 Å². The predicted molar refractivity (Wildman–Crippen MR) is 57.3 cm³/mol. The highest BCUT2D eigenvalue weighted by molar-refractivity contribution is 6.32. The van der Waals surface area contributed by atoms with E-state index in [-0.39, 0.29) is 5.82 Å². The lowest BCUT2D eigenvalue weighted by Gasteiger charge is -2.01. The van der Waals surface area contributed by atoms with Crippen LogP contribution in [0.2, 0.25) is 5.15 Å². The lowest BCUT2D eigenvalue weighted by molar-refractivity contribution is 0.639. The van der Waals surface area contributed by atoms with Gasteiger partial charge in [0.05, 0.1) is 5.52 Å². The lowest BCUT2D eigenvalue weighted by atomic mass is 10.2. The molecule has 0 aliphatic rings. The first kappa shape index (κ1) is 9.53. The second-order valence-corrected chi connectivity index (χ2v) is 3.65. The van der Waals surface area contributed by atoms with Crippen LogP contribution in [0, 0.1) is 12.7 Å². The SMILES string of the molecule is CCn1c(Cl)c(C)c2c(F)cccc21. The van der Waals surface area contributed by atoms with Crippen molar-refractivity contribution in [3.63, 3.8) is 0 Å². The third-order valence-corrected chi connectivity index (χ3v) is 3.01. The normalized spacial score (nSPS) is 11.1. The van der Waals surface area contributed by atoms with Gasteiger partial charge in [0.15, 0.2) is 0 Å². The molecule has 2 aromatic rings. The zero-order valence-corrected chi connectivity index (χ0v) is 8.90. The van der Waals surface area contributed by atoms with Crippen LogP contribution in [0.4, 0.5) is 4.39 Å². The second kappa shape index (κ2) is 3.28. The maximum absolute atomic E-state index is 13.5. The third-order valence-electron chi connectivity index (χ3n) is 2.52. The summed E-state index contributed by atoms with van der Waals surface area (Å²) in [5.41, 5.74) is 1.69. The Hall–Kier alpha value is -1.02. The fraction of sp³-hybridized carbons (Fsp3) is 0.273. The first-order chi connectivity index (χ1) is 6.66. The highest BCUT2D eigenvalue weighted by atomic mass is 35.5. The van der Waals surface area contributed by atoms with Gasteiger partial charge in [-0.15, -0.1) is 0 Å². The molecule has 3 heteroatoms. The molecule has 1 nitrogen and oxygen atoms in total. The summed E-state index contributed by atoms with van der Waals surface area (Å²) in [6, 6.07) is 5.06. The van der Waals surface area contributed by atoms with Gasteiger partial charge < -0.3 is 4.57 Å². The lowest BCUT2D eigenvalue weighted by Crippen LogP contribution is -1.92. The van der Waals surface area contributed by atoms with Crippen LogP contribution in [-0.2, 0) is 6.54 Å². The zero-order valence-electron chi connectivity index (χ0n) is 8.14. The van der Waals surface area contributed by atoms with Crippen molar-refractivity contribution in [3.8, 4) is 0 Å². The highest BCUT2D eigenvalue weighted by Gasteiger charge is 2.13. The summed E-state index contributed by atoms with van der Waals surface area (Å²) >= 11 is 6.11. The maximum atomic E-state index is 13.5. The molecular weight excluding hydrogens is 201 g/mol. The fourth-order valence-electron chi connectivity index (χ4n) is 1.83. The molecule has 1 heterocycles. The minimum absolute atomic E-state index is 0.200. The van der Waals surface area contributed by atoms with E-state index in [2.05, 4.69) is 0 Å². The molecule has 74 valence electrons. The van der Waals surface area contributed by atoms with Crippen LogP contribution in [0.3, 0.4) is 0 Å². The second-order valence-electron chi connectivity index (χ2n) is 3.29. The Labute approximate surface area is 87.1 Å². The standard InChI is InChI=1S/C11H11ClFN/c1-3-14-9-6-4-5-8(13)10(9)7(2)11(14)12/h4-6H,3H2,1-2H3. The van der Waals surface area contributed by atoms with Gasteiger partial charge in [-0.25, -0.2) is 4.39 Å². The van der Waals surface area contributed by atoms with Gasteiger partial charge in [-0.1, -0.05) is 17.7 Å². The largest absolute Gasteiger partial charge is 0.332 e. The summed E-state index contributed by atoms with van der Waals surface area (Å²) in [6.45, 7) is 4.60. The van der Waals surface area contributed by atoms with E-state index in [4.69, 9.17) is 11.6 Å². The topological polar surface area (TPSA) is 4.93 Å². The van der Waals surface area contributed by atoms with Crippen molar-refractivity contribution in [1.29, 1.82) is 0 Å². The van der Waals surface area contributed by atoms with Crippen LogP contribution < -0.4 is 0 Å². The van der Waals surface area contributed by atoms with Crippen molar-refractivity contribution >= 4 is 22.5 Å². The highest BCUT2D eigenvalue weighted by Crippen LogP contribution is 2.30. The summed E-state index contributed by atoms with van der Waals surface area (Å²) in [5, 5.41) is 1.27. The molecule has 0 saturated heterocycles. The van der Waals surface area contributed by atoms with Crippen molar-refractivity contribution in [3.05, 3.63) is 34.7 Å². The molecule has 0 saturated carbocycles.